The van der Waals surface area contributed by atoms with Crippen LogP contribution < -0.4 is 10.9 Å². The molecule has 0 fully saturated rings. The molecule has 0 aliphatic rings. The van der Waals surface area contributed by atoms with E-state index in [0.29, 0.717) is 29.8 Å². The summed E-state index contributed by atoms with van der Waals surface area (Å²) in [5, 5.41) is 16.3. The van der Waals surface area contributed by atoms with E-state index in [-0.39, 0.29) is 18.0 Å². The number of amides is 1. The van der Waals surface area contributed by atoms with Gasteiger partial charge in [-0.15, -0.1) is 0 Å². The summed E-state index contributed by atoms with van der Waals surface area (Å²) >= 11 is 2.18. The molecule has 0 atom stereocenters. The first kappa shape index (κ1) is 18.1. The van der Waals surface area contributed by atoms with Gasteiger partial charge in [0.2, 0.25) is 5.91 Å². The monoisotopic (exact) mass is 436 g/mol. The minimum Gasteiger partial charge on any atom is -0.324 e. The van der Waals surface area contributed by atoms with Crippen LogP contribution >= 0.6 is 22.6 Å². The van der Waals surface area contributed by atoms with Crippen LogP contribution in [-0.4, -0.2) is 15.7 Å². The molecule has 0 bridgehead atoms. The van der Waals surface area contributed by atoms with Crippen molar-refractivity contribution in [1.82, 2.24) is 9.78 Å². The number of rotatable bonds is 5. The highest BCUT2D eigenvalue weighted by Crippen LogP contribution is 2.12. The molecule has 1 N–H and O–H groups in total. The molecule has 0 radical (unpaired) electrons. The number of aryl methyl sites for hydroxylation is 1. The van der Waals surface area contributed by atoms with E-state index < -0.39 is 5.56 Å². The minimum absolute atomic E-state index is 0.0754. The van der Waals surface area contributed by atoms with E-state index in [1.165, 1.54) is 0 Å². The molecule has 2 rings (SSSR count). The highest BCUT2D eigenvalue weighted by atomic mass is 127. The maximum Gasteiger partial charge on any atom is 0.285 e. The van der Waals surface area contributed by atoms with Crippen molar-refractivity contribution in [3.8, 4) is 6.07 Å². The number of nitrogens with zero attached hydrogens (tertiary/aromatic N) is 3. The van der Waals surface area contributed by atoms with Gasteiger partial charge in [0, 0.05) is 9.26 Å². The molecule has 0 saturated heterocycles. The lowest BCUT2D eigenvalue weighted by atomic mass is 10.0. The standard InChI is InChI=1S/C17H17IN4O2/c1-3-13-14(9-19)17(24)22(21-15(13)4-2)10-16(23)20-12-7-5-11(18)6-8-12/h5-8H,3-4,10H2,1-2H3,(H,20,23). The Morgan fingerprint density at radius 3 is 2.50 bits per heavy atom. The number of nitrogens with one attached hydrogen (secondary N) is 1. The van der Waals surface area contributed by atoms with E-state index in [2.05, 4.69) is 33.0 Å². The lowest BCUT2D eigenvalue weighted by Crippen LogP contribution is -2.33. The Balaban J connectivity index is 2.29. The molecule has 6 nitrogen and oxygen atoms in total. The van der Waals surface area contributed by atoms with Crippen LogP contribution in [0.2, 0.25) is 0 Å². The third kappa shape index (κ3) is 4.00. The summed E-state index contributed by atoms with van der Waals surface area (Å²) in [6, 6.07) is 9.27. The van der Waals surface area contributed by atoms with Crippen molar-refractivity contribution >= 4 is 34.2 Å². The lowest BCUT2D eigenvalue weighted by molar-refractivity contribution is -0.117. The second-order valence-electron chi connectivity index (χ2n) is 5.14. The number of hydrogen-bond acceptors (Lipinski definition) is 4. The molecule has 1 aromatic heterocycles. The second-order valence-corrected chi connectivity index (χ2v) is 6.38. The van der Waals surface area contributed by atoms with Gasteiger partial charge in [-0.05, 0) is 65.3 Å². The number of carbonyl (C=O) groups excluding carboxylic acids is 1. The van der Waals surface area contributed by atoms with Crippen LogP contribution in [-0.2, 0) is 24.2 Å². The van der Waals surface area contributed by atoms with Crippen LogP contribution in [0, 0.1) is 14.9 Å². The van der Waals surface area contributed by atoms with Gasteiger partial charge >= 0.3 is 0 Å². The molecule has 0 aliphatic carbocycles. The molecule has 0 spiro atoms. The van der Waals surface area contributed by atoms with Crippen molar-refractivity contribution in [2.24, 2.45) is 0 Å². The minimum atomic E-state index is -0.524. The fourth-order valence-electron chi connectivity index (χ4n) is 2.41. The van der Waals surface area contributed by atoms with Crippen LogP contribution in [0.25, 0.3) is 0 Å². The van der Waals surface area contributed by atoms with Crippen LogP contribution in [0.3, 0.4) is 0 Å². The molecule has 2 aromatic rings. The van der Waals surface area contributed by atoms with Gasteiger partial charge in [-0.25, -0.2) is 4.68 Å². The number of aromatic nitrogens is 2. The highest BCUT2D eigenvalue weighted by molar-refractivity contribution is 14.1. The Morgan fingerprint density at radius 2 is 1.96 bits per heavy atom. The number of nitriles is 1. The van der Waals surface area contributed by atoms with Gasteiger partial charge in [-0.3, -0.25) is 9.59 Å². The SMILES string of the molecule is CCc1nn(CC(=O)Nc2ccc(I)cc2)c(=O)c(C#N)c1CC. The zero-order chi connectivity index (χ0) is 17.7. The first-order valence-corrected chi connectivity index (χ1v) is 8.66. The predicted octanol–water partition coefficient (Wildman–Crippen LogP) is 2.48. The molecular formula is C17H17IN4O2. The number of benzene rings is 1. The number of hydrogen-bond donors (Lipinski definition) is 1. The summed E-state index contributed by atoms with van der Waals surface area (Å²) in [4.78, 5) is 24.6. The third-order valence-corrected chi connectivity index (χ3v) is 4.28. The van der Waals surface area contributed by atoms with Crippen LogP contribution in [0.1, 0.15) is 30.7 Å². The van der Waals surface area contributed by atoms with Crippen molar-refractivity contribution in [2.75, 3.05) is 5.32 Å². The molecule has 0 unspecified atom stereocenters. The van der Waals surface area contributed by atoms with Gasteiger partial charge in [-0.2, -0.15) is 10.4 Å². The van der Waals surface area contributed by atoms with Crippen LogP contribution in [0.4, 0.5) is 5.69 Å². The third-order valence-electron chi connectivity index (χ3n) is 3.56. The fraction of sp³-hybridized carbons (Fsp3) is 0.294. The summed E-state index contributed by atoms with van der Waals surface area (Å²) < 4.78 is 2.13. The summed E-state index contributed by atoms with van der Waals surface area (Å²) in [7, 11) is 0. The molecule has 1 aromatic carbocycles. The van der Waals surface area contributed by atoms with Crippen LogP contribution in [0.5, 0.6) is 0 Å². The zero-order valence-corrected chi connectivity index (χ0v) is 15.6. The second kappa shape index (κ2) is 8.06. The molecule has 24 heavy (non-hydrogen) atoms. The van der Waals surface area contributed by atoms with E-state index in [0.717, 1.165) is 8.25 Å². The van der Waals surface area contributed by atoms with Gasteiger partial charge in [0.1, 0.15) is 18.2 Å². The first-order valence-electron chi connectivity index (χ1n) is 7.58. The normalized spacial score (nSPS) is 10.2. The van der Waals surface area contributed by atoms with Crippen molar-refractivity contribution in [2.45, 2.75) is 33.2 Å². The quantitative estimate of drug-likeness (QED) is 0.730. The highest BCUT2D eigenvalue weighted by Gasteiger charge is 2.16. The van der Waals surface area contributed by atoms with Gasteiger partial charge in [0.25, 0.3) is 5.56 Å². The van der Waals surface area contributed by atoms with E-state index in [9.17, 15) is 14.9 Å². The summed E-state index contributed by atoms with van der Waals surface area (Å²) in [6.45, 7) is 3.56. The Bertz CT molecular complexity index is 851. The average Bonchev–Trinajstić information content (AvgIpc) is 2.58. The van der Waals surface area contributed by atoms with Crippen LogP contribution in [0.15, 0.2) is 29.1 Å². The van der Waals surface area contributed by atoms with E-state index in [4.69, 9.17) is 0 Å². The van der Waals surface area contributed by atoms with Crippen molar-refractivity contribution in [3.05, 3.63) is 55.0 Å². The lowest BCUT2D eigenvalue weighted by Gasteiger charge is -2.12. The zero-order valence-electron chi connectivity index (χ0n) is 13.5. The molecular weight excluding hydrogens is 419 g/mol. The molecule has 124 valence electrons. The molecule has 0 aliphatic heterocycles. The number of halogens is 1. The molecule has 0 saturated carbocycles. The number of carbonyl (C=O) groups is 1. The van der Waals surface area contributed by atoms with E-state index in [1.54, 1.807) is 12.1 Å². The van der Waals surface area contributed by atoms with Gasteiger partial charge in [0.05, 0.1) is 5.69 Å². The average molecular weight is 436 g/mol. The summed E-state index contributed by atoms with van der Waals surface area (Å²) in [5.74, 6) is -0.360. The Labute approximate surface area is 153 Å². The fourth-order valence-corrected chi connectivity index (χ4v) is 2.77. The first-order chi connectivity index (χ1) is 11.5. The maximum absolute atomic E-state index is 12.4. The Morgan fingerprint density at radius 1 is 1.29 bits per heavy atom. The van der Waals surface area contributed by atoms with E-state index >= 15 is 0 Å². The van der Waals surface area contributed by atoms with Crippen molar-refractivity contribution in [1.29, 1.82) is 5.26 Å². The molecule has 1 amide bonds. The topological polar surface area (TPSA) is 87.8 Å². The largest absolute Gasteiger partial charge is 0.324 e. The number of anilines is 1. The van der Waals surface area contributed by atoms with Gasteiger partial charge in [-0.1, -0.05) is 13.8 Å². The smallest absolute Gasteiger partial charge is 0.285 e. The Hall–Kier alpha value is -2.21. The molecule has 1 heterocycles. The molecule has 7 heteroatoms. The van der Waals surface area contributed by atoms with Gasteiger partial charge < -0.3 is 5.32 Å². The van der Waals surface area contributed by atoms with Crippen molar-refractivity contribution in [3.63, 3.8) is 0 Å². The summed E-state index contributed by atoms with van der Waals surface area (Å²) in [6.07, 6.45) is 1.15. The maximum atomic E-state index is 12.4. The van der Waals surface area contributed by atoms with E-state index in [1.807, 2.05) is 32.0 Å². The van der Waals surface area contributed by atoms with Gasteiger partial charge in [0.15, 0.2) is 0 Å². The van der Waals surface area contributed by atoms with Crippen molar-refractivity contribution < 1.29 is 4.79 Å². The predicted molar refractivity (Wildman–Crippen MR) is 99.8 cm³/mol. The Kier molecular flexibility index (Phi) is 6.09. The summed E-state index contributed by atoms with van der Waals surface area (Å²) in [5.41, 5.74) is 1.54.